The van der Waals surface area contributed by atoms with E-state index in [4.69, 9.17) is 10.00 Å². The summed E-state index contributed by atoms with van der Waals surface area (Å²) in [7, 11) is -2.39. The fourth-order valence-electron chi connectivity index (χ4n) is 2.09. The summed E-state index contributed by atoms with van der Waals surface area (Å²) in [5.74, 6) is -0.746. The molecular weight excluding hydrogens is 340 g/mol. The molecule has 1 atom stereocenters. The van der Waals surface area contributed by atoms with E-state index < -0.39 is 22.1 Å². The maximum atomic E-state index is 12.8. The zero-order valence-electron chi connectivity index (χ0n) is 14.1. The highest BCUT2D eigenvalue weighted by molar-refractivity contribution is 7.92. The summed E-state index contributed by atoms with van der Waals surface area (Å²) >= 11 is 0. The van der Waals surface area contributed by atoms with E-state index in [2.05, 4.69) is 0 Å². The molecule has 0 amide bonds. The number of nitrogens with zero attached hydrogens (tertiary/aromatic N) is 2. The Hall–Kier alpha value is -2.85. The molecule has 0 heterocycles. The highest BCUT2D eigenvalue weighted by Gasteiger charge is 2.23. The van der Waals surface area contributed by atoms with E-state index in [0.29, 0.717) is 5.69 Å². The van der Waals surface area contributed by atoms with Crippen molar-refractivity contribution in [3.8, 4) is 6.07 Å². The fourth-order valence-corrected chi connectivity index (χ4v) is 3.33. The molecule has 0 saturated heterocycles. The van der Waals surface area contributed by atoms with Crippen LogP contribution in [0.1, 0.15) is 22.8 Å². The van der Waals surface area contributed by atoms with Gasteiger partial charge in [0, 0.05) is 7.05 Å². The minimum Gasteiger partial charge on any atom is -0.444 e. The van der Waals surface area contributed by atoms with Crippen LogP contribution in [0.3, 0.4) is 0 Å². The van der Waals surface area contributed by atoms with E-state index in [1.165, 1.54) is 38.2 Å². The Morgan fingerprint density at radius 1 is 1.20 bits per heavy atom. The van der Waals surface area contributed by atoms with Crippen molar-refractivity contribution < 1.29 is 17.9 Å². The first-order valence-corrected chi connectivity index (χ1v) is 8.96. The van der Waals surface area contributed by atoms with Crippen LogP contribution < -0.4 is 4.31 Å². The lowest BCUT2D eigenvalue weighted by molar-refractivity contribution is 0.0435. The fraction of sp³-hybridized carbons (Fsp3) is 0.222. The Labute approximate surface area is 147 Å². The summed E-state index contributed by atoms with van der Waals surface area (Å²) in [5, 5.41) is 8.70. The molecule has 0 bridgehead atoms. The number of ether oxygens (including phenoxy) is 1. The lowest BCUT2D eigenvalue weighted by Crippen LogP contribution is -2.26. The maximum Gasteiger partial charge on any atom is 0.339 e. The zero-order valence-corrected chi connectivity index (χ0v) is 14.9. The second kappa shape index (κ2) is 7.36. The summed E-state index contributed by atoms with van der Waals surface area (Å²) in [6.07, 6.45) is -0.914. The number of carbonyl (C=O) groups is 1. The number of benzene rings is 2. The van der Waals surface area contributed by atoms with Crippen molar-refractivity contribution in [3.05, 3.63) is 59.7 Å². The highest BCUT2D eigenvalue weighted by Crippen LogP contribution is 2.23. The van der Waals surface area contributed by atoms with Gasteiger partial charge in [0.1, 0.15) is 6.07 Å². The molecule has 0 spiro atoms. The number of hydrogen-bond acceptors (Lipinski definition) is 5. The summed E-state index contributed by atoms with van der Waals surface area (Å²) in [6, 6.07) is 14.4. The van der Waals surface area contributed by atoms with Gasteiger partial charge in [0.25, 0.3) is 10.0 Å². The molecule has 0 aliphatic carbocycles. The molecule has 0 fully saturated rings. The van der Waals surface area contributed by atoms with Crippen molar-refractivity contribution >= 4 is 21.7 Å². The van der Waals surface area contributed by atoms with Gasteiger partial charge in [-0.25, -0.2) is 13.2 Å². The number of rotatable bonds is 5. The van der Waals surface area contributed by atoms with Crippen LogP contribution in [0.5, 0.6) is 0 Å². The van der Waals surface area contributed by atoms with Crippen LogP contribution >= 0.6 is 0 Å². The lowest BCUT2D eigenvalue weighted by Gasteiger charge is -2.20. The molecule has 0 saturated carbocycles. The molecule has 2 aromatic rings. The molecule has 2 aromatic carbocycles. The van der Waals surface area contributed by atoms with Crippen molar-refractivity contribution in [2.24, 2.45) is 0 Å². The Kier molecular flexibility index (Phi) is 5.45. The van der Waals surface area contributed by atoms with Crippen LogP contribution in [-0.2, 0) is 14.8 Å². The van der Waals surface area contributed by atoms with Crippen molar-refractivity contribution in [3.63, 3.8) is 0 Å². The van der Waals surface area contributed by atoms with Crippen molar-refractivity contribution in [2.75, 3.05) is 11.4 Å². The largest absolute Gasteiger partial charge is 0.444 e. The van der Waals surface area contributed by atoms with Crippen LogP contribution in [-0.4, -0.2) is 27.5 Å². The van der Waals surface area contributed by atoms with Crippen LogP contribution in [0.2, 0.25) is 0 Å². The topological polar surface area (TPSA) is 87.5 Å². The molecule has 25 heavy (non-hydrogen) atoms. The summed E-state index contributed by atoms with van der Waals surface area (Å²) in [5.41, 5.74) is 1.60. The first-order chi connectivity index (χ1) is 11.8. The third-order valence-corrected chi connectivity index (χ3v) is 5.37. The number of esters is 1. The first-order valence-electron chi connectivity index (χ1n) is 7.52. The van der Waals surface area contributed by atoms with Crippen LogP contribution in [0.4, 0.5) is 5.69 Å². The van der Waals surface area contributed by atoms with E-state index in [0.717, 1.165) is 9.87 Å². The van der Waals surface area contributed by atoms with Crippen molar-refractivity contribution in [2.45, 2.75) is 24.8 Å². The van der Waals surface area contributed by atoms with Gasteiger partial charge in [0.05, 0.1) is 16.1 Å². The van der Waals surface area contributed by atoms with Gasteiger partial charge in [-0.3, -0.25) is 4.31 Å². The number of aryl methyl sites for hydroxylation is 1. The normalized spacial score (nSPS) is 12.1. The second-order valence-corrected chi connectivity index (χ2v) is 7.48. The molecule has 0 aliphatic heterocycles. The third-order valence-electron chi connectivity index (χ3n) is 3.59. The Morgan fingerprint density at radius 3 is 2.44 bits per heavy atom. The number of nitriles is 1. The van der Waals surface area contributed by atoms with E-state index >= 15 is 0 Å². The molecule has 130 valence electrons. The van der Waals surface area contributed by atoms with Crippen LogP contribution in [0, 0.1) is 18.3 Å². The van der Waals surface area contributed by atoms with Gasteiger partial charge in [-0.1, -0.05) is 23.8 Å². The highest BCUT2D eigenvalue weighted by atomic mass is 32.2. The molecule has 0 radical (unpaired) electrons. The zero-order chi connectivity index (χ0) is 18.6. The van der Waals surface area contributed by atoms with Crippen molar-refractivity contribution in [1.82, 2.24) is 0 Å². The van der Waals surface area contributed by atoms with Crippen LogP contribution in [0.15, 0.2) is 53.4 Å². The third kappa shape index (κ3) is 4.17. The quantitative estimate of drug-likeness (QED) is 0.767. The van der Waals surface area contributed by atoms with Gasteiger partial charge in [-0.05, 0) is 44.2 Å². The molecule has 0 unspecified atom stereocenters. The maximum absolute atomic E-state index is 12.8. The van der Waals surface area contributed by atoms with Gasteiger partial charge in [0.2, 0.25) is 0 Å². The summed E-state index contributed by atoms with van der Waals surface area (Å²) < 4.78 is 31.6. The average Bonchev–Trinajstić information content (AvgIpc) is 2.61. The van der Waals surface area contributed by atoms with E-state index in [9.17, 15) is 13.2 Å². The van der Waals surface area contributed by atoms with Gasteiger partial charge in [-0.15, -0.1) is 0 Å². The number of sulfonamides is 1. The molecule has 0 N–H and O–H groups in total. The van der Waals surface area contributed by atoms with E-state index in [-0.39, 0.29) is 10.5 Å². The molecule has 2 rings (SSSR count). The van der Waals surface area contributed by atoms with E-state index in [1.54, 1.807) is 18.2 Å². The van der Waals surface area contributed by atoms with E-state index in [1.807, 2.05) is 19.1 Å². The average molecular weight is 358 g/mol. The van der Waals surface area contributed by atoms with Gasteiger partial charge in [0.15, 0.2) is 6.10 Å². The summed E-state index contributed by atoms with van der Waals surface area (Å²) in [6.45, 7) is 3.35. The molecule has 7 heteroatoms. The molecule has 0 aliphatic rings. The Bertz CT molecular complexity index is 915. The Balaban J connectivity index is 2.34. The predicted molar refractivity (Wildman–Crippen MR) is 93.7 cm³/mol. The van der Waals surface area contributed by atoms with Gasteiger partial charge >= 0.3 is 5.97 Å². The monoisotopic (exact) mass is 358 g/mol. The number of anilines is 1. The van der Waals surface area contributed by atoms with Gasteiger partial charge < -0.3 is 4.74 Å². The minimum absolute atomic E-state index is 0.0327. The Morgan fingerprint density at radius 2 is 1.84 bits per heavy atom. The van der Waals surface area contributed by atoms with Gasteiger partial charge in [-0.2, -0.15) is 5.26 Å². The van der Waals surface area contributed by atoms with Crippen LogP contribution in [0.25, 0.3) is 0 Å². The smallest absolute Gasteiger partial charge is 0.339 e. The van der Waals surface area contributed by atoms with Crippen molar-refractivity contribution in [1.29, 1.82) is 5.26 Å². The lowest BCUT2D eigenvalue weighted by atomic mass is 10.2. The minimum atomic E-state index is -3.83. The molecule has 6 nitrogen and oxygen atoms in total. The molecular formula is C18H18N2O4S. The SMILES string of the molecule is Cc1ccc(N(C)S(=O)(=O)c2cccc(C(=O)O[C@@H](C)C#N)c2)cc1. The number of carbonyl (C=O) groups excluding carboxylic acids is 1. The number of hydrogen-bond donors (Lipinski definition) is 0. The predicted octanol–water partition coefficient (Wildman–Crippen LogP) is 2.89. The molecule has 0 aromatic heterocycles. The standard InChI is InChI=1S/C18H18N2O4S/c1-13-7-9-16(10-8-13)20(3)25(22,23)17-6-4-5-15(11-17)18(21)24-14(2)12-19/h4-11,14H,1-3H3/t14-/m0/s1. The summed E-state index contributed by atoms with van der Waals surface area (Å²) in [4.78, 5) is 12.0. The first kappa shape index (κ1) is 18.5. The second-order valence-electron chi connectivity index (χ2n) is 5.51.